The molecular formula is C29H29F2N9O3. The summed E-state index contributed by atoms with van der Waals surface area (Å²) >= 11 is 0. The van der Waals surface area contributed by atoms with Crippen molar-refractivity contribution in [2.24, 2.45) is 28.2 Å². The Morgan fingerprint density at radius 3 is 2.44 bits per heavy atom. The number of hydrogen-bond acceptors (Lipinski definition) is 7. The fraction of sp³-hybridized carbons (Fsp3) is 0.310. The molecule has 1 aliphatic rings. The normalized spacial score (nSPS) is 14.1. The number of hydrogen-bond donors (Lipinski definition) is 0. The number of morpholine rings is 1. The van der Waals surface area contributed by atoms with Gasteiger partial charge in [0.1, 0.15) is 11.4 Å². The predicted molar refractivity (Wildman–Crippen MR) is 157 cm³/mol. The zero-order chi connectivity index (χ0) is 30.0. The van der Waals surface area contributed by atoms with Crippen molar-refractivity contribution in [1.82, 2.24) is 38.0 Å². The summed E-state index contributed by atoms with van der Waals surface area (Å²) in [6, 6.07) is 7.25. The maximum atomic E-state index is 13.7. The summed E-state index contributed by atoms with van der Waals surface area (Å²) in [5, 5.41) is 4.21. The van der Waals surface area contributed by atoms with Crippen molar-refractivity contribution >= 4 is 27.8 Å². The summed E-state index contributed by atoms with van der Waals surface area (Å²) in [5.74, 6) is 0.546. The highest BCUT2D eigenvalue weighted by atomic mass is 19.3. The summed E-state index contributed by atoms with van der Waals surface area (Å²) in [7, 11) is 7.11. The quantitative estimate of drug-likeness (QED) is 0.293. The first-order valence-electron chi connectivity index (χ1n) is 13.7. The molecule has 0 saturated carbocycles. The highest BCUT2D eigenvalue weighted by Crippen LogP contribution is 2.39. The molecule has 12 nitrogen and oxygen atoms in total. The Balaban J connectivity index is 1.56. The van der Waals surface area contributed by atoms with Crippen LogP contribution in [0.2, 0.25) is 0 Å². The summed E-state index contributed by atoms with van der Waals surface area (Å²) in [5.41, 5.74) is 5.81. The van der Waals surface area contributed by atoms with Gasteiger partial charge in [-0.1, -0.05) is 0 Å². The number of benzene rings is 2. The van der Waals surface area contributed by atoms with Gasteiger partial charge in [-0.2, -0.15) is 13.9 Å². The second-order valence-electron chi connectivity index (χ2n) is 10.6. The monoisotopic (exact) mass is 589 g/mol. The molecule has 0 amide bonds. The Hall–Kier alpha value is -4.98. The number of fused-ring (bicyclic) bond motifs is 2. The Labute approximate surface area is 243 Å². The lowest BCUT2D eigenvalue weighted by Gasteiger charge is -2.30. The van der Waals surface area contributed by atoms with Gasteiger partial charge in [0.25, 0.3) is 0 Å². The van der Waals surface area contributed by atoms with Crippen LogP contribution >= 0.6 is 0 Å². The summed E-state index contributed by atoms with van der Waals surface area (Å²) in [6.07, 6.45) is 6.71. The molecule has 0 unspecified atom stereocenters. The highest BCUT2D eigenvalue weighted by molar-refractivity contribution is 5.95. The molecule has 43 heavy (non-hydrogen) atoms. The number of ether oxygens (including phenoxy) is 2. The van der Waals surface area contributed by atoms with Crippen LogP contribution < -0.4 is 15.3 Å². The van der Waals surface area contributed by atoms with Crippen molar-refractivity contribution in [2.75, 3.05) is 31.2 Å². The van der Waals surface area contributed by atoms with E-state index in [1.807, 2.05) is 28.3 Å². The van der Waals surface area contributed by atoms with Crippen LogP contribution in [0.5, 0.6) is 5.75 Å². The number of anilines is 1. The fourth-order valence-electron chi connectivity index (χ4n) is 5.88. The molecular weight excluding hydrogens is 560 g/mol. The zero-order valence-corrected chi connectivity index (χ0v) is 24.0. The minimum absolute atomic E-state index is 0.00482. The second-order valence-corrected chi connectivity index (χ2v) is 10.6. The summed E-state index contributed by atoms with van der Waals surface area (Å²) < 4.78 is 46.7. The average molecular weight is 590 g/mol. The van der Waals surface area contributed by atoms with Gasteiger partial charge in [0.15, 0.2) is 5.82 Å². The fourth-order valence-corrected chi connectivity index (χ4v) is 5.88. The van der Waals surface area contributed by atoms with E-state index in [0.717, 1.165) is 16.7 Å². The Morgan fingerprint density at radius 2 is 1.77 bits per heavy atom. The van der Waals surface area contributed by atoms with Gasteiger partial charge in [-0.3, -0.25) is 18.4 Å². The highest BCUT2D eigenvalue weighted by Gasteiger charge is 2.25. The molecule has 1 aliphatic heterocycles. The molecule has 4 aromatic heterocycles. The molecule has 1 fully saturated rings. The number of halogens is 2. The van der Waals surface area contributed by atoms with E-state index in [0.29, 0.717) is 65.7 Å². The van der Waals surface area contributed by atoms with Gasteiger partial charge in [-0.15, -0.1) is 0 Å². The van der Waals surface area contributed by atoms with Crippen molar-refractivity contribution in [3.8, 4) is 34.1 Å². The molecule has 6 aromatic rings. The lowest BCUT2D eigenvalue weighted by Crippen LogP contribution is -2.36. The van der Waals surface area contributed by atoms with E-state index in [1.54, 1.807) is 72.0 Å². The zero-order valence-electron chi connectivity index (χ0n) is 24.0. The van der Waals surface area contributed by atoms with Crippen LogP contribution in [0.25, 0.3) is 50.4 Å². The third-order valence-electron chi connectivity index (χ3n) is 7.97. The van der Waals surface area contributed by atoms with Crippen LogP contribution in [0.1, 0.15) is 0 Å². The Kier molecular flexibility index (Phi) is 6.31. The van der Waals surface area contributed by atoms with Crippen molar-refractivity contribution in [3.05, 3.63) is 59.7 Å². The number of aryl methyl sites for hydroxylation is 4. The Morgan fingerprint density at radius 1 is 0.977 bits per heavy atom. The first-order valence-corrected chi connectivity index (χ1v) is 13.7. The van der Waals surface area contributed by atoms with Crippen molar-refractivity contribution in [1.29, 1.82) is 0 Å². The van der Waals surface area contributed by atoms with Gasteiger partial charge >= 0.3 is 12.3 Å². The van der Waals surface area contributed by atoms with Gasteiger partial charge in [-0.05, 0) is 18.2 Å². The van der Waals surface area contributed by atoms with E-state index in [-0.39, 0.29) is 11.4 Å². The lowest BCUT2D eigenvalue weighted by molar-refractivity contribution is -0.0493. The first-order chi connectivity index (χ1) is 20.7. The van der Waals surface area contributed by atoms with Crippen LogP contribution in [-0.2, 0) is 32.9 Å². The molecule has 1 saturated heterocycles. The molecule has 0 atom stereocenters. The predicted octanol–water partition coefficient (Wildman–Crippen LogP) is 3.45. The first kappa shape index (κ1) is 26.9. The molecule has 7 rings (SSSR count). The largest absolute Gasteiger partial charge is 0.434 e. The molecule has 2 aromatic carbocycles. The summed E-state index contributed by atoms with van der Waals surface area (Å²) in [4.78, 5) is 24.6. The Bertz CT molecular complexity index is 2060. The van der Waals surface area contributed by atoms with Crippen LogP contribution in [0.3, 0.4) is 0 Å². The molecule has 5 heterocycles. The molecule has 0 radical (unpaired) electrons. The third-order valence-corrected chi connectivity index (χ3v) is 7.97. The number of nitrogens with zero attached hydrogens (tertiary/aromatic N) is 9. The average Bonchev–Trinajstić information content (AvgIpc) is 3.76. The van der Waals surface area contributed by atoms with Crippen LogP contribution in [0, 0.1) is 0 Å². The minimum Gasteiger partial charge on any atom is -0.434 e. The van der Waals surface area contributed by atoms with Gasteiger partial charge in [0.05, 0.1) is 65.4 Å². The topological polar surface area (TPSA) is 102 Å². The van der Waals surface area contributed by atoms with Crippen LogP contribution in [0.15, 0.2) is 54.0 Å². The number of imidazole rings is 3. The van der Waals surface area contributed by atoms with Crippen LogP contribution in [0.4, 0.5) is 14.5 Å². The molecule has 0 spiro atoms. The summed E-state index contributed by atoms with van der Waals surface area (Å²) in [6.45, 7) is -0.606. The van der Waals surface area contributed by atoms with Crippen molar-refractivity contribution in [3.63, 3.8) is 0 Å². The molecule has 0 aliphatic carbocycles. The third kappa shape index (κ3) is 4.36. The van der Waals surface area contributed by atoms with Gasteiger partial charge in [-0.25, -0.2) is 14.8 Å². The van der Waals surface area contributed by atoms with E-state index < -0.39 is 6.61 Å². The minimum atomic E-state index is -3.04. The van der Waals surface area contributed by atoms with Crippen molar-refractivity contribution < 1.29 is 18.3 Å². The van der Waals surface area contributed by atoms with E-state index in [4.69, 9.17) is 14.5 Å². The number of alkyl halides is 2. The lowest BCUT2D eigenvalue weighted by atomic mass is 10.1. The maximum Gasteiger partial charge on any atom is 0.387 e. The van der Waals surface area contributed by atoms with Gasteiger partial charge in [0.2, 0.25) is 0 Å². The van der Waals surface area contributed by atoms with Crippen molar-refractivity contribution in [2.45, 2.75) is 6.61 Å². The van der Waals surface area contributed by atoms with E-state index >= 15 is 0 Å². The van der Waals surface area contributed by atoms with Gasteiger partial charge < -0.3 is 18.9 Å². The van der Waals surface area contributed by atoms with Crippen LogP contribution in [-0.4, -0.2) is 70.9 Å². The molecule has 14 heteroatoms. The number of aromatic nitrogens is 8. The number of rotatable bonds is 6. The smallest absolute Gasteiger partial charge is 0.387 e. The molecule has 0 bridgehead atoms. The van der Waals surface area contributed by atoms with E-state index in [2.05, 4.69) is 15.0 Å². The van der Waals surface area contributed by atoms with E-state index in [1.165, 1.54) is 0 Å². The standard InChI is InChI=1S/C29H29F2N9O3/c1-35-16-32-14-24(35)27-34-20-11-19(17-13-33-36(2)15-17)25(43-28(30)31)12-21(20)40(27)18-9-22-26(38(4)29(41)37(22)3)23(10-18)39-5-7-42-8-6-39/h9-16,28H,5-8H2,1-4H3. The second kappa shape index (κ2) is 10.1. The van der Waals surface area contributed by atoms with E-state index in [9.17, 15) is 13.6 Å². The SMILES string of the molecule is Cn1cc(-c2cc3nc(-c4cncn4C)n(-c4cc(N5CCOCC5)c5c(c4)n(C)c(=O)n5C)c3cc2OC(F)F)cn1. The molecule has 222 valence electrons. The maximum absolute atomic E-state index is 13.7. The molecule has 0 N–H and O–H groups in total. The van der Waals surface area contributed by atoms with Gasteiger partial charge in [0, 0.05) is 64.7 Å².